The number of aromatic nitrogens is 2. The van der Waals surface area contributed by atoms with Crippen molar-refractivity contribution in [2.75, 3.05) is 0 Å². The van der Waals surface area contributed by atoms with Gasteiger partial charge in [0.2, 0.25) is 5.82 Å². The van der Waals surface area contributed by atoms with Gasteiger partial charge in [-0.25, -0.2) is 4.98 Å². The molecule has 0 amide bonds. The van der Waals surface area contributed by atoms with Gasteiger partial charge >= 0.3 is 0 Å². The molecule has 1 aromatic heterocycles. The molecule has 3 heteroatoms. The maximum atomic E-state index is 8.80. The van der Waals surface area contributed by atoms with Crippen LogP contribution in [0.4, 0.5) is 0 Å². The van der Waals surface area contributed by atoms with Crippen LogP contribution in [-0.4, -0.2) is 9.97 Å². The molecule has 0 saturated carbocycles. The van der Waals surface area contributed by atoms with Crippen molar-refractivity contribution >= 4 is 0 Å². The number of aryl methyl sites for hydroxylation is 2. The summed E-state index contributed by atoms with van der Waals surface area (Å²) in [6, 6.07) is 4.21. The van der Waals surface area contributed by atoms with Gasteiger partial charge in [-0.15, -0.1) is 0 Å². The molecule has 0 aliphatic carbocycles. The summed E-state index contributed by atoms with van der Waals surface area (Å²) < 4.78 is 0. The monoisotopic (exact) mass is 225 g/mol. The summed E-state index contributed by atoms with van der Waals surface area (Å²) in [6.07, 6.45) is 1.73. The second kappa shape index (κ2) is 4.06. The Labute approximate surface area is 101 Å². The van der Waals surface area contributed by atoms with Crippen molar-refractivity contribution in [3.8, 4) is 17.3 Å². The summed E-state index contributed by atoms with van der Waals surface area (Å²) in [7, 11) is 0. The molecule has 2 aromatic rings. The van der Waals surface area contributed by atoms with Gasteiger partial charge in [-0.3, -0.25) is 0 Å². The molecule has 0 aliphatic heterocycles. The molecule has 86 valence electrons. The lowest BCUT2D eigenvalue weighted by atomic mass is 9.93. The Morgan fingerprint density at radius 3 is 2.18 bits per heavy atom. The smallest absolute Gasteiger partial charge is 0.210 e. The third kappa shape index (κ3) is 1.83. The fourth-order valence-corrected chi connectivity index (χ4v) is 2.13. The molecule has 2 rings (SSSR count). The maximum absolute atomic E-state index is 8.80. The number of hydrogen-bond acceptors (Lipinski definition) is 2. The van der Waals surface area contributed by atoms with Crippen LogP contribution in [0.5, 0.6) is 0 Å². The molecule has 0 saturated heterocycles. The van der Waals surface area contributed by atoms with E-state index in [1.165, 1.54) is 22.3 Å². The van der Waals surface area contributed by atoms with E-state index in [4.69, 9.17) is 5.26 Å². The number of nitrogens with one attached hydrogen (secondary N) is 1. The minimum Gasteiger partial charge on any atom is -0.329 e. The van der Waals surface area contributed by atoms with Crippen LogP contribution in [0.15, 0.2) is 12.3 Å². The van der Waals surface area contributed by atoms with Crippen LogP contribution in [0.3, 0.4) is 0 Å². The Kier molecular flexibility index (Phi) is 2.72. The Hall–Kier alpha value is -2.08. The molecular weight excluding hydrogens is 210 g/mol. The fourth-order valence-electron chi connectivity index (χ4n) is 2.13. The first-order valence-electron chi connectivity index (χ1n) is 5.57. The summed E-state index contributed by atoms with van der Waals surface area (Å²) in [6.45, 7) is 8.41. The van der Waals surface area contributed by atoms with Crippen molar-refractivity contribution in [2.24, 2.45) is 0 Å². The number of benzene rings is 1. The SMILES string of the molecule is Cc1cc(C)c(C)c(-c2cnc(C#N)[nH]2)c1C. The van der Waals surface area contributed by atoms with Crippen LogP contribution in [0.25, 0.3) is 11.3 Å². The number of nitrogens with zero attached hydrogens (tertiary/aromatic N) is 2. The lowest BCUT2D eigenvalue weighted by molar-refractivity contribution is 1.21. The quantitative estimate of drug-likeness (QED) is 0.810. The summed E-state index contributed by atoms with van der Waals surface area (Å²) in [5.74, 6) is 0.359. The molecule has 0 atom stereocenters. The first kappa shape index (κ1) is 11.4. The lowest BCUT2D eigenvalue weighted by Crippen LogP contribution is -1.95. The molecular formula is C14H15N3. The second-order valence-corrected chi connectivity index (χ2v) is 4.39. The average molecular weight is 225 g/mol. The number of hydrogen-bond donors (Lipinski definition) is 1. The van der Waals surface area contributed by atoms with Crippen LogP contribution in [-0.2, 0) is 0 Å². The van der Waals surface area contributed by atoms with Crippen molar-refractivity contribution in [3.05, 3.63) is 40.3 Å². The summed E-state index contributed by atoms with van der Waals surface area (Å²) in [5, 5.41) is 8.80. The molecule has 0 aliphatic rings. The number of aromatic amines is 1. The van der Waals surface area contributed by atoms with Crippen LogP contribution in [0, 0.1) is 39.0 Å². The Morgan fingerprint density at radius 1 is 1.12 bits per heavy atom. The van der Waals surface area contributed by atoms with Crippen LogP contribution >= 0.6 is 0 Å². The zero-order valence-corrected chi connectivity index (χ0v) is 10.5. The Bertz CT molecular complexity index is 589. The van der Waals surface area contributed by atoms with Crippen molar-refractivity contribution in [1.82, 2.24) is 9.97 Å². The van der Waals surface area contributed by atoms with Crippen molar-refractivity contribution in [3.63, 3.8) is 0 Å². The molecule has 1 heterocycles. The highest BCUT2D eigenvalue weighted by Crippen LogP contribution is 2.30. The van der Waals surface area contributed by atoms with Gasteiger partial charge < -0.3 is 4.98 Å². The van der Waals surface area contributed by atoms with Gasteiger partial charge in [0.15, 0.2) is 0 Å². The van der Waals surface area contributed by atoms with Gasteiger partial charge in [0.25, 0.3) is 0 Å². The molecule has 0 bridgehead atoms. The standard InChI is InChI=1S/C14H15N3/c1-8-5-9(2)11(4)14(10(8)3)12-7-16-13(6-15)17-12/h5,7H,1-4H3,(H,16,17). The van der Waals surface area contributed by atoms with E-state index in [-0.39, 0.29) is 0 Å². The second-order valence-electron chi connectivity index (χ2n) is 4.39. The van der Waals surface area contributed by atoms with Gasteiger partial charge in [0.05, 0.1) is 11.9 Å². The Morgan fingerprint density at radius 2 is 1.71 bits per heavy atom. The summed E-state index contributed by atoms with van der Waals surface area (Å²) in [4.78, 5) is 7.08. The third-order valence-corrected chi connectivity index (χ3v) is 3.32. The first-order valence-corrected chi connectivity index (χ1v) is 5.57. The predicted molar refractivity (Wildman–Crippen MR) is 67.7 cm³/mol. The average Bonchev–Trinajstić information content (AvgIpc) is 2.75. The van der Waals surface area contributed by atoms with E-state index in [0.29, 0.717) is 5.82 Å². The number of imidazole rings is 1. The topological polar surface area (TPSA) is 52.5 Å². The van der Waals surface area contributed by atoms with E-state index in [0.717, 1.165) is 11.3 Å². The maximum Gasteiger partial charge on any atom is 0.210 e. The third-order valence-electron chi connectivity index (χ3n) is 3.32. The van der Waals surface area contributed by atoms with E-state index >= 15 is 0 Å². The van der Waals surface area contributed by atoms with Crippen molar-refractivity contribution in [2.45, 2.75) is 27.7 Å². The van der Waals surface area contributed by atoms with Gasteiger partial charge in [0.1, 0.15) is 6.07 Å². The molecule has 0 fully saturated rings. The van der Waals surface area contributed by atoms with Crippen molar-refractivity contribution in [1.29, 1.82) is 5.26 Å². The zero-order valence-electron chi connectivity index (χ0n) is 10.5. The highest BCUT2D eigenvalue weighted by Gasteiger charge is 2.12. The molecule has 3 nitrogen and oxygen atoms in total. The number of nitriles is 1. The summed E-state index contributed by atoms with van der Waals surface area (Å²) >= 11 is 0. The van der Waals surface area contributed by atoms with Gasteiger partial charge in [-0.2, -0.15) is 5.26 Å². The van der Waals surface area contributed by atoms with Crippen molar-refractivity contribution < 1.29 is 0 Å². The van der Waals surface area contributed by atoms with E-state index in [1.807, 2.05) is 6.07 Å². The molecule has 1 N–H and O–H groups in total. The zero-order chi connectivity index (χ0) is 12.6. The van der Waals surface area contributed by atoms with E-state index < -0.39 is 0 Å². The van der Waals surface area contributed by atoms with Crippen LogP contribution in [0.2, 0.25) is 0 Å². The molecule has 0 spiro atoms. The number of H-pyrrole nitrogens is 1. The van der Waals surface area contributed by atoms with Gasteiger partial charge in [-0.05, 0) is 49.9 Å². The van der Waals surface area contributed by atoms with Gasteiger partial charge in [-0.1, -0.05) is 6.07 Å². The lowest BCUT2D eigenvalue weighted by Gasteiger charge is -2.13. The first-order chi connectivity index (χ1) is 8.04. The normalized spacial score (nSPS) is 10.3. The summed E-state index contributed by atoms with van der Waals surface area (Å²) in [5.41, 5.74) is 7.08. The highest BCUT2D eigenvalue weighted by molar-refractivity contribution is 5.70. The molecule has 0 unspecified atom stereocenters. The predicted octanol–water partition coefficient (Wildman–Crippen LogP) is 3.18. The van der Waals surface area contributed by atoms with E-state index in [2.05, 4.69) is 43.7 Å². The molecule has 0 radical (unpaired) electrons. The van der Waals surface area contributed by atoms with E-state index in [1.54, 1.807) is 6.20 Å². The van der Waals surface area contributed by atoms with E-state index in [9.17, 15) is 0 Å². The number of rotatable bonds is 1. The Balaban J connectivity index is 2.71. The van der Waals surface area contributed by atoms with Crippen LogP contribution in [0.1, 0.15) is 28.1 Å². The van der Waals surface area contributed by atoms with Crippen LogP contribution < -0.4 is 0 Å². The largest absolute Gasteiger partial charge is 0.329 e. The minimum atomic E-state index is 0.359. The highest BCUT2D eigenvalue weighted by atomic mass is 14.9. The van der Waals surface area contributed by atoms with Gasteiger partial charge in [0, 0.05) is 5.56 Å². The fraction of sp³-hybridized carbons (Fsp3) is 0.286. The molecule has 1 aromatic carbocycles. The minimum absolute atomic E-state index is 0.359. The molecule has 17 heavy (non-hydrogen) atoms.